The summed E-state index contributed by atoms with van der Waals surface area (Å²) in [6.07, 6.45) is 1.91. The van der Waals surface area contributed by atoms with E-state index in [2.05, 4.69) is 36.3 Å². The molecule has 0 spiro atoms. The summed E-state index contributed by atoms with van der Waals surface area (Å²) in [6, 6.07) is 8.20. The average Bonchev–Trinajstić information content (AvgIpc) is 2.36. The maximum absolute atomic E-state index is 5.73. The normalized spacial score (nSPS) is 11.1. The molecule has 0 saturated carbocycles. The summed E-state index contributed by atoms with van der Waals surface area (Å²) < 4.78 is 5.73. The van der Waals surface area contributed by atoms with Crippen molar-refractivity contribution in [3.05, 3.63) is 36.0 Å². The van der Waals surface area contributed by atoms with Gasteiger partial charge in [-0.3, -0.25) is 4.98 Å². The van der Waals surface area contributed by atoms with E-state index in [0.29, 0.717) is 5.92 Å². The number of nitrogens with zero attached hydrogens (tertiary/aromatic N) is 1. The zero-order valence-electron chi connectivity index (χ0n) is 11.2. The second-order valence-corrected chi connectivity index (χ2v) is 4.93. The van der Waals surface area contributed by atoms with Crippen molar-refractivity contribution in [3.8, 4) is 5.75 Å². The molecule has 3 nitrogen and oxygen atoms in total. The Morgan fingerprint density at radius 2 is 2.11 bits per heavy atom. The van der Waals surface area contributed by atoms with Crippen LogP contribution >= 0.6 is 0 Å². The van der Waals surface area contributed by atoms with Crippen LogP contribution in [0.4, 0.5) is 0 Å². The van der Waals surface area contributed by atoms with Gasteiger partial charge in [0.25, 0.3) is 0 Å². The number of ether oxygens (including phenoxy) is 1. The maximum atomic E-state index is 5.73. The van der Waals surface area contributed by atoms with Crippen molar-refractivity contribution in [2.75, 3.05) is 13.7 Å². The van der Waals surface area contributed by atoms with E-state index in [4.69, 9.17) is 4.74 Å². The maximum Gasteiger partial charge on any atom is 0.120 e. The summed E-state index contributed by atoms with van der Waals surface area (Å²) in [4.78, 5) is 4.44. The number of hydrogen-bond acceptors (Lipinski definition) is 3. The molecule has 0 aliphatic carbocycles. The molecule has 0 amide bonds. The minimum absolute atomic E-state index is 0.537. The van der Waals surface area contributed by atoms with Gasteiger partial charge in [0.15, 0.2) is 0 Å². The second kappa shape index (κ2) is 5.83. The third-order valence-electron chi connectivity index (χ3n) is 2.67. The lowest BCUT2D eigenvalue weighted by atomic mass is 10.1. The van der Waals surface area contributed by atoms with Crippen molar-refractivity contribution in [1.29, 1.82) is 0 Å². The predicted molar refractivity (Wildman–Crippen MR) is 74.8 cm³/mol. The smallest absolute Gasteiger partial charge is 0.120 e. The second-order valence-electron chi connectivity index (χ2n) is 4.93. The quantitative estimate of drug-likeness (QED) is 0.878. The van der Waals surface area contributed by atoms with Crippen LogP contribution in [-0.2, 0) is 6.54 Å². The highest BCUT2D eigenvalue weighted by Crippen LogP contribution is 2.20. The first-order valence-corrected chi connectivity index (χ1v) is 6.35. The van der Waals surface area contributed by atoms with Gasteiger partial charge in [0.2, 0.25) is 0 Å². The van der Waals surface area contributed by atoms with Crippen LogP contribution in [0.1, 0.15) is 19.4 Å². The Balaban J connectivity index is 2.24. The molecule has 0 unspecified atom stereocenters. The lowest BCUT2D eigenvalue weighted by molar-refractivity contribution is 0.271. The number of pyridine rings is 1. The van der Waals surface area contributed by atoms with Crippen LogP contribution in [0.15, 0.2) is 30.5 Å². The third-order valence-corrected chi connectivity index (χ3v) is 2.67. The Labute approximate surface area is 108 Å². The molecule has 1 heterocycles. The van der Waals surface area contributed by atoms with Gasteiger partial charge in [-0.1, -0.05) is 13.8 Å². The average molecular weight is 244 g/mol. The van der Waals surface area contributed by atoms with Gasteiger partial charge in [0.05, 0.1) is 12.1 Å². The first kappa shape index (κ1) is 12.8. The molecule has 1 aromatic heterocycles. The molecule has 0 radical (unpaired) electrons. The largest absolute Gasteiger partial charge is 0.493 e. The number of rotatable bonds is 5. The van der Waals surface area contributed by atoms with Crippen LogP contribution in [0.3, 0.4) is 0 Å². The Morgan fingerprint density at radius 3 is 2.83 bits per heavy atom. The molecule has 0 aliphatic heterocycles. The van der Waals surface area contributed by atoms with Crippen LogP contribution in [-0.4, -0.2) is 18.6 Å². The Bertz CT molecular complexity index is 523. The van der Waals surface area contributed by atoms with E-state index in [-0.39, 0.29) is 0 Å². The van der Waals surface area contributed by atoms with Gasteiger partial charge in [-0.05, 0) is 42.8 Å². The first-order valence-electron chi connectivity index (χ1n) is 6.35. The highest BCUT2D eigenvalue weighted by molar-refractivity contribution is 5.80. The summed E-state index contributed by atoms with van der Waals surface area (Å²) in [5.41, 5.74) is 2.19. The lowest BCUT2D eigenvalue weighted by Gasteiger charge is -2.09. The van der Waals surface area contributed by atoms with Crippen molar-refractivity contribution >= 4 is 10.9 Å². The fourth-order valence-electron chi connectivity index (χ4n) is 1.81. The SMILES string of the molecule is CNCc1cnc2ccc(OCC(C)C)cc2c1. The van der Waals surface area contributed by atoms with Crippen molar-refractivity contribution < 1.29 is 4.74 Å². The van der Waals surface area contributed by atoms with Gasteiger partial charge >= 0.3 is 0 Å². The molecule has 0 saturated heterocycles. The topological polar surface area (TPSA) is 34.2 Å². The van der Waals surface area contributed by atoms with E-state index in [1.807, 2.05) is 25.4 Å². The molecule has 0 aliphatic rings. The van der Waals surface area contributed by atoms with E-state index < -0.39 is 0 Å². The molecule has 2 aromatic rings. The Hall–Kier alpha value is -1.61. The van der Waals surface area contributed by atoms with Crippen molar-refractivity contribution in [3.63, 3.8) is 0 Å². The standard InChI is InChI=1S/C15H20N2O/c1-11(2)10-18-14-4-5-15-13(7-14)6-12(8-16-3)9-17-15/h4-7,9,11,16H,8,10H2,1-3H3. The summed E-state index contributed by atoms with van der Waals surface area (Å²) in [6.45, 7) is 5.87. The molecule has 0 atom stereocenters. The van der Waals surface area contributed by atoms with E-state index in [1.54, 1.807) is 0 Å². The molecule has 1 N–H and O–H groups in total. The first-order chi connectivity index (χ1) is 8.69. The summed E-state index contributed by atoms with van der Waals surface area (Å²) in [5.74, 6) is 1.45. The van der Waals surface area contributed by atoms with Crippen LogP contribution in [0, 0.1) is 5.92 Å². The van der Waals surface area contributed by atoms with Gasteiger partial charge in [-0.2, -0.15) is 0 Å². The summed E-state index contributed by atoms with van der Waals surface area (Å²) in [7, 11) is 1.94. The number of hydrogen-bond donors (Lipinski definition) is 1. The van der Waals surface area contributed by atoms with E-state index in [0.717, 1.165) is 29.8 Å². The van der Waals surface area contributed by atoms with Crippen molar-refractivity contribution in [2.24, 2.45) is 5.92 Å². The predicted octanol–water partition coefficient (Wildman–Crippen LogP) is 2.99. The summed E-state index contributed by atoms with van der Waals surface area (Å²) in [5, 5.41) is 4.26. The molecule has 96 valence electrons. The van der Waals surface area contributed by atoms with Crippen LogP contribution in [0.2, 0.25) is 0 Å². The highest BCUT2D eigenvalue weighted by atomic mass is 16.5. The molecule has 2 rings (SSSR count). The molecule has 0 bridgehead atoms. The molecular weight excluding hydrogens is 224 g/mol. The zero-order chi connectivity index (χ0) is 13.0. The van der Waals surface area contributed by atoms with E-state index >= 15 is 0 Å². The van der Waals surface area contributed by atoms with Gasteiger partial charge in [-0.15, -0.1) is 0 Å². The Kier molecular flexibility index (Phi) is 4.15. The van der Waals surface area contributed by atoms with E-state index in [1.165, 1.54) is 5.56 Å². The van der Waals surface area contributed by atoms with Crippen LogP contribution in [0.5, 0.6) is 5.75 Å². The molecule has 0 fully saturated rings. The molecular formula is C15H20N2O. The van der Waals surface area contributed by atoms with E-state index in [9.17, 15) is 0 Å². The van der Waals surface area contributed by atoms with Crippen LogP contribution < -0.4 is 10.1 Å². The Morgan fingerprint density at radius 1 is 1.28 bits per heavy atom. The minimum Gasteiger partial charge on any atom is -0.493 e. The van der Waals surface area contributed by atoms with Crippen molar-refractivity contribution in [1.82, 2.24) is 10.3 Å². The van der Waals surface area contributed by atoms with Crippen molar-refractivity contribution in [2.45, 2.75) is 20.4 Å². The molecule has 18 heavy (non-hydrogen) atoms. The monoisotopic (exact) mass is 244 g/mol. The van der Waals surface area contributed by atoms with Gasteiger partial charge in [-0.25, -0.2) is 0 Å². The third kappa shape index (κ3) is 3.20. The number of aromatic nitrogens is 1. The van der Waals surface area contributed by atoms with Crippen LogP contribution in [0.25, 0.3) is 10.9 Å². The fourth-order valence-corrected chi connectivity index (χ4v) is 1.81. The molecule has 3 heteroatoms. The number of nitrogens with one attached hydrogen (secondary N) is 1. The van der Waals surface area contributed by atoms with Gasteiger partial charge < -0.3 is 10.1 Å². The van der Waals surface area contributed by atoms with Gasteiger partial charge in [0.1, 0.15) is 5.75 Å². The zero-order valence-corrected chi connectivity index (χ0v) is 11.2. The summed E-state index contributed by atoms with van der Waals surface area (Å²) >= 11 is 0. The fraction of sp³-hybridized carbons (Fsp3) is 0.400. The van der Waals surface area contributed by atoms with Gasteiger partial charge in [0, 0.05) is 18.1 Å². The minimum atomic E-state index is 0.537. The lowest BCUT2D eigenvalue weighted by Crippen LogP contribution is -2.05. The highest BCUT2D eigenvalue weighted by Gasteiger charge is 2.01. The number of fused-ring (bicyclic) bond motifs is 1. The molecule has 1 aromatic carbocycles. The number of benzene rings is 1.